The fourth-order valence-corrected chi connectivity index (χ4v) is 3.13. The van der Waals surface area contributed by atoms with Crippen LogP contribution in [0.15, 0.2) is 23.9 Å². The van der Waals surface area contributed by atoms with E-state index in [1.165, 1.54) is 16.7 Å². The normalized spacial score (nSPS) is 22.5. The van der Waals surface area contributed by atoms with Crippen molar-refractivity contribution in [2.75, 3.05) is 0 Å². The van der Waals surface area contributed by atoms with E-state index < -0.39 is 0 Å². The van der Waals surface area contributed by atoms with Crippen LogP contribution in [0, 0.1) is 5.92 Å². The minimum absolute atomic E-state index is 0.0923. The quantitative estimate of drug-likeness (QED) is 0.866. The van der Waals surface area contributed by atoms with Crippen LogP contribution in [0.3, 0.4) is 0 Å². The highest BCUT2D eigenvalue weighted by Crippen LogP contribution is 2.55. The van der Waals surface area contributed by atoms with Crippen LogP contribution in [-0.4, -0.2) is 12.1 Å². The van der Waals surface area contributed by atoms with Gasteiger partial charge in [-0.1, -0.05) is 32.0 Å². The molecule has 0 aromatic heterocycles. The number of nitrogens with one attached hydrogen (secondary N) is 2. The van der Waals surface area contributed by atoms with Crippen molar-refractivity contribution < 1.29 is 4.79 Å². The monoisotopic (exact) mass is 284 g/mol. The van der Waals surface area contributed by atoms with Crippen LogP contribution in [0.4, 0.5) is 4.79 Å². The predicted octanol–water partition coefficient (Wildman–Crippen LogP) is 3.98. The first kappa shape index (κ1) is 14.2. The Balaban J connectivity index is 1.84. The highest BCUT2D eigenvalue weighted by Gasteiger charge is 2.45. The van der Waals surface area contributed by atoms with Gasteiger partial charge in [-0.2, -0.15) is 0 Å². The number of hydrogen-bond acceptors (Lipinski definition) is 1. The summed E-state index contributed by atoms with van der Waals surface area (Å²) in [4.78, 5) is 11.9. The standard InChI is InChI=1S/C18H24N2O/c1-10(2)12-5-6-14-13(7-12)8-17(16-9-15(14)16)20-18(21)19-11(3)4/h5-8,10-11,15-16H,9H2,1-4H3,(H2,19,20,21). The molecule has 0 bridgehead atoms. The summed E-state index contributed by atoms with van der Waals surface area (Å²) in [6, 6.07) is 6.86. The molecule has 0 aliphatic heterocycles. The zero-order valence-electron chi connectivity index (χ0n) is 13.2. The third-order valence-electron chi connectivity index (χ3n) is 4.36. The van der Waals surface area contributed by atoms with Gasteiger partial charge in [-0.25, -0.2) is 4.79 Å². The summed E-state index contributed by atoms with van der Waals surface area (Å²) < 4.78 is 0. The van der Waals surface area contributed by atoms with E-state index in [9.17, 15) is 4.79 Å². The van der Waals surface area contributed by atoms with Crippen LogP contribution in [0.2, 0.25) is 0 Å². The molecule has 1 saturated carbocycles. The average Bonchev–Trinajstić information content (AvgIpc) is 3.17. The van der Waals surface area contributed by atoms with E-state index in [1.54, 1.807) is 0 Å². The molecular weight excluding hydrogens is 260 g/mol. The fourth-order valence-electron chi connectivity index (χ4n) is 3.13. The first-order chi connectivity index (χ1) is 9.95. The Labute approximate surface area is 126 Å². The Morgan fingerprint density at radius 3 is 2.62 bits per heavy atom. The molecule has 112 valence electrons. The molecule has 0 heterocycles. The van der Waals surface area contributed by atoms with Crippen molar-refractivity contribution in [1.82, 2.24) is 10.6 Å². The molecule has 2 aliphatic rings. The third kappa shape index (κ3) is 2.82. The van der Waals surface area contributed by atoms with E-state index >= 15 is 0 Å². The van der Waals surface area contributed by atoms with Crippen LogP contribution in [0.1, 0.15) is 62.6 Å². The number of fused-ring (bicyclic) bond motifs is 3. The zero-order valence-corrected chi connectivity index (χ0v) is 13.2. The molecular formula is C18H24N2O. The van der Waals surface area contributed by atoms with E-state index in [0.717, 1.165) is 12.1 Å². The summed E-state index contributed by atoms with van der Waals surface area (Å²) in [6.45, 7) is 8.37. The summed E-state index contributed by atoms with van der Waals surface area (Å²) in [7, 11) is 0. The molecule has 0 spiro atoms. The second-order valence-electron chi connectivity index (χ2n) is 6.84. The fraction of sp³-hybridized carbons (Fsp3) is 0.500. The number of urea groups is 1. The maximum Gasteiger partial charge on any atom is 0.319 e. The first-order valence-electron chi connectivity index (χ1n) is 7.88. The molecule has 2 amide bonds. The molecule has 0 radical (unpaired) electrons. The highest BCUT2D eigenvalue weighted by atomic mass is 16.2. The average molecular weight is 284 g/mol. The summed E-state index contributed by atoms with van der Waals surface area (Å²) in [5.74, 6) is 1.63. The summed E-state index contributed by atoms with van der Waals surface area (Å²) in [5, 5.41) is 5.93. The number of rotatable bonds is 3. The van der Waals surface area contributed by atoms with Crippen LogP contribution < -0.4 is 10.6 Å². The molecule has 2 unspecified atom stereocenters. The van der Waals surface area contributed by atoms with E-state index in [0.29, 0.717) is 17.8 Å². The van der Waals surface area contributed by atoms with E-state index in [2.05, 4.69) is 48.8 Å². The molecule has 1 fully saturated rings. The molecule has 2 N–H and O–H groups in total. The molecule has 2 atom stereocenters. The zero-order chi connectivity index (χ0) is 15.1. The lowest BCUT2D eigenvalue weighted by molar-refractivity contribution is 0.240. The molecule has 3 heteroatoms. The van der Waals surface area contributed by atoms with Crippen molar-refractivity contribution >= 4 is 12.1 Å². The SMILES string of the molecule is CC(C)NC(=O)NC1=Cc2cc(C(C)C)ccc2C2CC12. The molecule has 0 saturated heterocycles. The predicted molar refractivity (Wildman–Crippen MR) is 86.2 cm³/mol. The van der Waals surface area contributed by atoms with Gasteiger partial charge >= 0.3 is 6.03 Å². The van der Waals surface area contributed by atoms with Gasteiger partial charge in [0.2, 0.25) is 0 Å². The maximum atomic E-state index is 11.9. The van der Waals surface area contributed by atoms with Gasteiger partial charge in [0.1, 0.15) is 0 Å². The largest absolute Gasteiger partial charge is 0.336 e. The summed E-state index contributed by atoms with van der Waals surface area (Å²) in [5.41, 5.74) is 5.15. The lowest BCUT2D eigenvalue weighted by atomic mass is 9.91. The van der Waals surface area contributed by atoms with Crippen LogP contribution in [-0.2, 0) is 0 Å². The van der Waals surface area contributed by atoms with Crippen molar-refractivity contribution in [3.8, 4) is 0 Å². The number of amides is 2. The van der Waals surface area contributed by atoms with Crippen molar-refractivity contribution in [1.29, 1.82) is 0 Å². The Morgan fingerprint density at radius 2 is 1.95 bits per heavy atom. The molecule has 21 heavy (non-hydrogen) atoms. The number of carbonyl (C=O) groups excluding carboxylic acids is 1. The highest BCUT2D eigenvalue weighted by molar-refractivity contribution is 5.79. The van der Waals surface area contributed by atoms with Crippen molar-refractivity contribution in [2.45, 2.75) is 52.0 Å². The maximum absolute atomic E-state index is 11.9. The topological polar surface area (TPSA) is 41.1 Å². The van der Waals surface area contributed by atoms with Crippen LogP contribution >= 0.6 is 0 Å². The molecule has 2 aliphatic carbocycles. The molecule has 3 nitrogen and oxygen atoms in total. The molecule has 1 aromatic carbocycles. The number of carbonyl (C=O) groups is 1. The van der Waals surface area contributed by atoms with Gasteiger partial charge in [0, 0.05) is 17.7 Å². The van der Waals surface area contributed by atoms with Gasteiger partial charge in [0.25, 0.3) is 0 Å². The van der Waals surface area contributed by atoms with E-state index in [4.69, 9.17) is 0 Å². The second kappa shape index (κ2) is 5.21. The van der Waals surface area contributed by atoms with Crippen LogP contribution in [0.25, 0.3) is 6.08 Å². The summed E-state index contributed by atoms with van der Waals surface area (Å²) in [6.07, 6.45) is 3.32. The minimum Gasteiger partial charge on any atom is -0.336 e. The van der Waals surface area contributed by atoms with E-state index in [1.807, 2.05) is 13.8 Å². The lowest BCUT2D eigenvalue weighted by Crippen LogP contribution is -2.39. The molecule has 3 rings (SSSR count). The lowest BCUT2D eigenvalue weighted by Gasteiger charge is -2.19. The Hall–Kier alpha value is -1.77. The number of allylic oxidation sites excluding steroid dienone is 1. The third-order valence-corrected chi connectivity index (χ3v) is 4.36. The van der Waals surface area contributed by atoms with Gasteiger partial charge in [-0.15, -0.1) is 0 Å². The Morgan fingerprint density at radius 1 is 1.19 bits per heavy atom. The first-order valence-corrected chi connectivity index (χ1v) is 7.88. The van der Waals surface area contributed by atoms with Gasteiger partial charge in [-0.05, 0) is 54.9 Å². The smallest absolute Gasteiger partial charge is 0.319 e. The van der Waals surface area contributed by atoms with Crippen molar-refractivity contribution in [2.24, 2.45) is 5.92 Å². The van der Waals surface area contributed by atoms with Gasteiger partial charge in [0.15, 0.2) is 0 Å². The second-order valence-corrected chi connectivity index (χ2v) is 6.84. The van der Waals surface area contributed by atoms with Gasteiger partial charge in [0.05, 0.1) is 0 Å². The van der Waals surface area contributed by atoms with Crippen molar-refractivity contribution in [3.05, 3.63) is 40.6 Å². The Bertz CT molecular complexity index is 601. The van der Waals surface area contributed by atoms with Gasteiger partial charge in [-0.3, -0.25) is 0 Å². The Kier molecular flexibility index (Phi) is 3.52. The minimum atomic E-state index is -0.0923. The van der Waals surface area contributed by atoms with E-state index in [-0.39, 0.29) is 12.1 Å². The molecule has 1 aromatic rings. The summed E-state index contributed by atoms with van der Waals surface area (Å²) >= 11 is 0. The number of benzene rings is 1. The van der Waals surface area contributed by atoms with Gasteiger partial charge < -0.3 is 10.6 Å². The van der Waals surface area contributed by atoms with Crippen LogP contribution in [0.5, 0.6) is 0 Å². The van der Waals surface area contributed by atoms with Crippen molar-refractivity contribution in [3.63, 3.8) is 0 Å². The number of hydrogen-bond donors (Lipinski definition) is 2.